The molecule has 1 aliphatic rings. The molecule has 1 fully saturated rings. The summed E-state index contributed by atoms with van der Waals surface area (Å²) in [5.74, 6) is 1.89. The molecule has 1 saturated heterocycles. The number of aromatic nitrogens is 5. The molecule has 136 valence electrons. The van der Waals surface area contributed by atoms with E-state index >= 15 is 0 Å². The van der Waals surface area contributed by atoms with Gasteiger partial charge in [0.25, 0.3) is 0 Å². The van der Waals surface area contributed by atoms with E-state index in [4.69, 9.17) is 0 Å². The molecule has 26 heavy (non-hydrogen) atoms. The summed E-state index contributed by atoms with van der Waals surface area (Å²) >= 11 is 0. The van der Waals surface area contributed by atoms with Crippen molar-refractivity contribution in [1.29, 1.82) is 0 Å². The number of hydrogen-bond acceptors (Lipinski definition) is 7. The van der Waals surface area contributed by atoms with Crippen LogP contribution in [0.25, 0.3) is 22.4 Å². The number of nitrogens with zero attached hydrogens (tertiary/aromatic N) is 5. The molecule has 0 unspecified atom stereocenters. The molecule has 9 heteroatoms. The first-order chi connectivity index (χ1) is 12.4. The zero-order chi connectivity index (χ0) is 18.3. The Hall–Kier alpha value is -2.55. The standard InChI is InChI=1S/C17H20N6O2S/c1-11-14-16(19-9-12-5-8-26(24,25)10-12)20-15(13-3-6-18-7-4-13)21-17(14)23(2)22-11/h3-4,6-7,12H,5,8-10H2,1-2H3,(H,19,20,21)/t12-/m0/s1. The lowest BCUT2D eigenvalue weighted by atomic mass is 10.1. The highest BCUT2D eigenvalue weighted by Gasteiger charge is 2.28. The van der Waals surface area contributed by atoms with Crippen LogP contribution in [0.2, 0.25) is 0 Å². The van der Waals surface area contributed by atoms with Crippen molar-refractivity contribution in [2.24, 2.45) is 13.0 Å². The number of pyridine rings is 1. The molecular weight excluding hydrogens is 352 g/mol. The van der Waals surface area contributed by atoms with Gasteiger partial charge >= 0.3 is 0 Å². The summed E-state index contributed by atoms with van der Waals surface area (Å²) in [6.45, 7) is 2.48. The average Bonchev–Trinajstić information content (AvgIpc) is 3.12. The van der Waals surface area contributed by atoms with Gasteiger partial charge in [-0.1, -0.05) is 0 Å². The molecule has 4 heterocycles. The van der Waals surface area contributed by atoms with E-state index in [1.807, 2.05) is 26.1 Å². The van der Waals surface area contributed by atoms with Crippen LogP contribution in [0.4, 0.5) is 5.82 Å². The van der Waals surface area contributed by atoms with Gasteiger partial charge in [0.05, 0.1) is 22.6 Å². The Morgan fingerprint density at radius 3 is 2.73 bits per heavy atom. The minimum absolute atomic E-state index is 0.103. The van der Waals surface area contributed by atoms with E-state index in [1.165, 1.54) is 0 Å². The lowest BCUT2D eigenvalue weighted by Gasteiger charge is -2.12. The number of aryl methyl sites for hydroxylation is 2. The lowest BCUT2D eigenvalue weighted by molar-refractivity contribution is 0.596. The third-order valence-corrected chi connectivity index (χ3v) is 6.52. The minimum Gasteiger partial charge on any atom is -0.369 e. The molecule has 4 rings (SSSR count). The fourth-order valence-corrected chi connectivity index (χ4v) is 5.23. The minimum atomic E-state index is -2.89. The van der Waals surface area contributed by atoms with E-state index in [2.05, 4.69) is 25.4 Å². The van der Waals surface area contributed by atoms with Gasteiger partial charge in [0, 0.05) is 31.5 Å². The van der Waals surface area contributed by atoms with Crippen LogP contribution in [0.1, 0.15) is 12.1 Å². The predicted molar refractivity (Wildman–Crippen MR) is 99.5 cm³/mol. The second-order valence-electron chi connectivity index (χ2n) is 6.69. The summed E-state index contributed by atoms with van der Waals surface area (Å²) in [7, 11) is -1.04. The average molecular weight is 372 g/mol. The van der Waals surface area contributed by atoms with Crippen LogP contribution in [0.5, 0.6) is 0 Å². The van der Waals surface area contributed by atoms with Crippen LogP contribution in [0.3, 0.4) is 0 Å². The van der Waals surface area contributed by atoms with Gasteiger partial charge in [-0.2, -0.15) is 5.10 Å². The van der Waals surface area contributed by atoms with Crippen LogP contribution in [0.15, 0.2) is 24.5 Å². The van der Waals surface area contributed by atoms with Crippen LogP contribution < -0.4 is 5.32 Å². The van der Waals surface area contributed by atoms with Gasteiger partial charge in [0.1, 0.15) is 5.82 Å². The Morgan fingerprint density at radius 1 is 1.27 bits per heavy atom. The van der Waals surface area contributed by atoms with Gasteiger partial charge in [0.15, 0.2) is 21.3 Å². The van der Waals surface area contributed by atoms with Crippen molar-refractivity contribution in [3.8, 4) is 11.4 Å². The van der Waals surface area contributed by atoms with Crippen molar-refractivity contribution in [2.45, 2.75) is 13.3 Å². The molecular formula is C17H20N6O2S. The summed E-state index contributed by atoms with van der Waals surface area (Å²) in [5, 5.41) is 8.67. The van der Waals surface area contributed by atoms with Crippen LogP contribution in [-0.2, 0) is 16.9 Å². The van der Waals surface area contributed by atoms with Crippen molar-refractivity contribution in [1.82, 2.24) is 24.7 Å². The highest BCUT2D eigenvalue weighted by molar-refractivity contribution is 7.91. The predicted octanol–water partition coefficient (Wildman–Crippen LogP) is 1.58. The number of sulfone groups is 1. The molecule has 3 aromatic heterocycles. The fraction of sp³-hybridized carbons (Fsp3) is 0.412. The highest BCUT2D eigenvalue weighted by Crippen LogP contribution is 2.28. The molecule has 0 aliphatic carbocycles. The van der Waals surface area contributed by atoms with Gasteiger partial charge in [-0.3, -0.25) is 9.67 Å². The number of rotatable bonds is 4. The second kappa shape index (κ2) is 6.31. The molecule has 1 N–H and O–H groups in total. The summed E-state index contributed by atoms with van der Waals surface area (Å²) in [6, 6.07) is 3.72. The van der Waals surface area contributed by atoms with Crippen LogP contribution in [-0.4, -0.2) is 51.2 Å². The maximum absolute atomic E-state index is 11.7. The molecule has 0 radical (unpaired) electrons. The largest absolute Gasteiger partial charge is 0.369 e. The number of fused-ring (bicyclic) bond motifs is 1. The van der Waals surface area contributed by atoms with Crippen LogP contribution in [0, 0.1) is 12.8 Å². The molecule has 1 atom stereocenters. The molecule has 1 aliphatic heterocycles. The zero-order valence-corrected chi connectivity index (χ0v) is 15.5. The fourth-order valence-electron chi connectivity index (χ4n) is 3.37. The quantitative estimate of drug-likeness (QED) is 0.741. The van der Waals surface area contributed by atoms with Gasteiger partial charge in [-0.05, 0) is 31.4 Å². The maximum atomic E-state index is 11.7. The molecule has 0 saturated carbocycles. The van der Waals surface area contributed by atoms with Gasteiger partial charge in [-0.25, -0.2) is 18.4 Å². The first kappa shape index (κ1) is 16.9. The monoisotopic (exact) mass is 372 g/mol. The second-order valence-corrected chi connectivity index (χ2v) is 8.92. The number of hydrogen-bond donors (Lipinski definition) is 1. The van der Waals surface area contributed by atoms with E-state index in [0.29, 0.717) is 24.6 Å². The Kier molecular flexibility index (Phi) is 4.10. The van der Waals surface area contributed by atoms with Crippen LogP contribution >= 0.6 is 0 Å². The van der Waals surface area contributed by atoms with E-state index in [9.17, 15) is 8.42 Å². The van der Waals surface area contributed by atoms with Gasteiger partial charge in [-0.15, -0.1) is 0 Å². The molecule has 0 spiro atoms. The van der Waals surface area contributed by atoms with Crippen molar-refractivity contribution >= 4 is 26.7 Å². The molecule has 0 amide bonds. The normalized spacial score (nSPS) is 19.1. The van der Waals surface area contributed by atoms with E-state index in [-0.39, 0.29) is 17.4 Å². The Bertz CT molecular complexity index is 1060. The first-order valence-electron chi connectivity index (χ1n) is 8.49. The number of nitrogens with one attached hydrogen (secondary N) is 1. The Morgan fingerprint density at radius 2 is 2.04 bits per heavy atom. The van der Waals surface area contributed by atoms with Crippen molar-refractivity contribution < 1.29 is 8.42 Å². The Labute approximate surface area is 151 Å². The zero-order valence-electron chi connectivity index (χ0n) is 14.7. The maximum Gasteiger partial charge on any atom is 0.164 e. The molecule has 8 nitrogen and oxygen atoms in total. The molecule has 3 aromatic rings. The first-order valence-corrected chi connectivity index (χ1v) is 10.3. The van der Waals surface area contributed by atoms with Gasteiger partial charge in [0.2, 0.25) is 0 Å². The van der Waals surface area contributed by atoms with E-state index < -0.39 is 9.84 Å². The third-order valence-electron chi connectivity index (χ3n) is 4.68. The number of anilines is 1. The van der Waals surface area contributed by atoms with Crippen molar-refractivity contribution in [3.05, 3.63) is 30.2 Å². The van der Waals surface area contributed by atoms with E-state index in [1.54, 1.807) is 17.1 Å². The summed E-state index contributed by atoms with van der Waals surface area (Å²) in [4.78, 5) is 13.4. The van der Waals surface area contributed by atoms with Gasteiger partial charge < -0.3 is 5.32 Å². The summed E-state index contributed by atoms with van der Waals surface area (Å²) < 4.78 is 25.1. The SMILES string of the molecule is Cc1nn(C)c2nc(-c3ccncc3)nc(NC[C@@H]3CCS(=O)(=O)C3)c12. The highest BCUT2D eigenvalue weighted by atomic mass is 32.2. The molecule has 0 aromatic carbocycles. The summed E-state index contributed by atoms with van der Waals surface area (Å²) in [5.41, 5.74) is 2.45. The topological polar surface area (TPSA) is 103 Å². The third kappa shape index (κ3) is 3.14. The summed E-state index contributed by atoms with van der Waals surface area (Å²) in [6.07, 6.45) is 4.09. The molecule has 0 bridgehead atoms. The van der Waals surface area contributed by atoms with E-state index in [0.717, 1.165) is 22.3 Å². The Balaban J connectivity index is 1.72. The lowest BCUT2D eigenvalue weighted by Crippen LogP contribution is -2.17. The van der Waals surface area contributed by atoms with Crippen molar-refractivity contribution in [2.75, 3.05) is 23.4 Å². The van der Waals surface area contributed by atoms with Crippen molar-refractivity contribution in [3.63, 3.8) is 0 Å². The smallest absolute Gasteiger partial charge is 0.164 e.